The van der Waals surface area contributed by atoms with Crippen LogP contribution in [0.2, 0.25) is 5.02 Å². The second kappa shape index (κ2) is 7.12. The summed E-state index contributed by atoms with van der Waals surface area (Å²) < 4.78 is 1.93. The molecular weight excluding hydrogens is 274 g/mol. The van der Waals surface area contributed by atoms with Crippen LogP contribution in [0.5, 0.6) is 0 Å². The van der Waals surface area contributed by atoms with Crippen LogP contribution in [0, 0.1) is 0 Å². The minimum Gasteiger partial charge on any atom is -0.341 e. The van der Waals surface area contributed by atoms with Crippen LogP contribution in [0.25, 0.3) is 0 Å². The molecule has 1 aromatic heterocycles. The number of nitrogens with one attached hydrogen (secondary N) is 2. The van der Waals surface area contributed by atoms with Crippen LogP contribution in [0.3, 0.4) is 0 Å². The molecule has 0 unspecified atom stereocenters. The fourth-order valence-corrected chi connectivity index (χ4v) is 2.11. The van der Waals surface area contributed by atoms with E-state index < -0.39 is 0 Å². The number of carbonyl (C=O) groups excluding carboxylic acids is 1. The maximum Gasteiger partial charge on any atom is 0.244 e. The molecule has 1 amide bonds. The molecule has 5 heteroatoms. The van der Waals surface area contributed by atoms with E-state index >= 15 is 0 Å². The van der Waals surface area contributed by atoms with Gasteiger partial charge < -0.3 is 15.2 Å². The summed E-state index contributed by atoms with van der Waals surface area (Å²) in [6.45, 7) is 3.98. The van der Waals surface area contributed by atoms with Crippen molar-refractivity contribution in [2.24, 2.45) is 0 Å². The normalized spacial score (nSPS) is 10.5. The number of aromatic nitrogens is 1. The predicted molar refractivity (Wildman–Crippen MR) is 81.9 cm³/mol. The number of hydrogen-bond donors (Lipinski definition) is 2. The molecule has 0 saturated carbocycles. The molecule has 0 radical (unpaired) electrons. The average molecular weight is 292 g/mol. The maximum absolute atomic E-state index is 12.0. The highest BCUT2D eigenvalue weighted by molar-refractivity contribution is 6.33. The number of anilines is 1. The Balaban J connectivity index is 1.98. The minimum atomic E-state index is -0.0907. The van der Waals surface area contributed by atoms with E-state index in [0.29, 0.717) is 10.7 Å². The van der Waals surface area contributed by atoms with Gasteiger partial charge in [-0.3, -0.25) is 4.79 Å². The molecule has 1 heterocycles. The van der Waals surface area contributed by atoms with Crippen LogP contribution in [0.1, 0.15) is 12.6 Å². The predicted octanol–water partition coefficient (Wildman–Crippen LogP) is 2.89. The van der Waals surface area contributed by atoms with E-state index in [-0.39, 0.29) is 12.5 Å². The zero-order valence-electron chi connectivity index (χ0n) is 11.4. The number of rotatable bonds is 6. The molecule has 0 fully saturated rings. The second-order valence-electron chi connectivity index (χ2n) is 4.44. The SMILES string of the molecule is CCNCc1cccn1CC(=O)Nc1ccccc1Cl. The van der Waals surface area contributed by atoms with Gasteiger partial charge >= 0.3 is 0 Å². The molecule has 0 aliphatic carbocycles. The molecule has 4 nitrogen and oxygen atoms in total. The number of para-hydroxylation sites is 1. The van der Waals surface area contributed by atoms with Crippen LogP contribution >= 0.6 is 11.6 Å². The fraction of sp³-hybridized carbons (Fsp3) is 0.267. The third-order valence-corrected chi connectivity index (χ3v) is 3.27. The molecule has 106 valence electrons. The number of amides is 1. The van der Waals surface area contributed by atoms with E-state index in [0.717, 1.165) is 18.8 Å². The van der Waals surface area contributed by atoms with Gasteiger partial charge in [0.05, 0.1) is 10.7 Å². The van der Waals surface area contributed by atoms with Crippen molar-refractivity contribution < 1.29 is 4.79 Å². The lowest BCUT2D eigenvalue weighted by Gasteiger charge is -2.11. The molecule has 2 aromatic rings. The Morgan fingerprint density at radius 2 is 2.05 bits per heavy atom. The van der Waals surface area contributed by atoms with Gasteiger partial charge in [-0.05, 0) is 30.8 Å². The van der Waals surface area contributed by atoms with Crippen molar-refractivity contribution >= 4 is 23.2 Å². The van der Waals surface area contributed by atoms with E-state index in [1.54, 1.807) is 12.1 Å². The van der Waals surface area contributed by atoms with Crippen LogP contribution in [-0.4, -0.2) is 17.0 Å². The Morgan fingerprint density at radius 3 is 2.80 bits per heavy atom. The molecule has 0 saturated heterocycles. The molecular formula is C15H18ClN3O. The van der Waals surface area contributed by atoms with Gasteiger partial charge in [-0.2, -0.15) is 0 Å². The van der Waals surface area contributed by atoms with Gasteiger partial charge in [0.2, 0.25) is 5.91 Å². The third-order valence-electron chi connectivity index (χ3n) is 2.94. The maximum atomic E-state index is 12.0. The van der Waals surface area contributed by atoms with E-state index in [1.807, 2.05) is 35.0 Å². The quantitative estimate of drug-likeness (QED) is 0.860. The summed E-state index contributed by atoms with van der Waals surface area (Å²) in [5.74, 6) is -0.0907. The van der Waals surface area contributed by atoms with Crippen molar-refractivity contribution in [2.75, 3.05) is 11.9 Å². The molecule has 1 aromatic carbocycles. The zero-order chi connectivity index (χ0) is 14.4. The number of carbonyl (C=O) groups is 1. The minimum absolute atomic E-state index is 0.0907. The fourth-order valence-electron chi connectivity index (χ4n) is 1.92. The molecule has 0 atom stereocenters. The van der Waals surface area contributed by atoms with Crippen molar-refractivity contribution in [3.05, 3.63) is 53.3 Å². The topological polar surface area (TPSA) is 46.1 Å². The lowest BCUT2D eigenvalue weighted by molar-refractivity contribution is -0.116. The summed E-state index contributed by atoms with van der Waals surface area (Å²) in [5, 5.41) is 6.61. The van der Waals surface area contributed by atoms with Crippen molar-refractivity contribution in [3.8, 4) is 0 Å². The van der Waals surface area contributed by atoms with Crippen LogP contribution < -0.4 is 10.6 Å². The van der Waals surface area contributed by atoms with Crippen molar-refractivity contribution in [2.45, 2.75) is 20.0 Å². The Bertz CT molecular complexity index is 580. The number of nitrogens with zero attached hydrogens (tertiary/aromatic N) is 1. The largest absolute Gasteiger partial charge is 0.341 e. The monoisotopic (exact) mass is 291 g/mol. The highest BCUT2D eigenvalue weighted by atomic mass is 35.5. The van der Waals surface area contributed by atoms with E-state index in [2.05, 4.69) is 17.6 Å². The van der Waals surface area contributed by atoms with E-state index in [9.17, 15) is 4.79 Å². The average Bonchev–Trinajstić information content (AvgIpc) is 2.86. The molecule has 0 bridgehead atoms. The summed E-state index contributed by atoms with van der Waals surface area (Å²) in [6, 6.07) is 11.2. The third kappa shape index (κ3) is 3.85. The molecule has 20 heavy (non-hydrogen) atoms. The number of halogens is 1. The van der Waals surface area contributed by atoms with Gasteiger partial charge in [-0.15, -0.1) is 0 Å². The van der Waals surface area contributed by atoms with Crippen molar-refractivity contribution in [1.82, 2.24) is 9.88 Å². The van der Waals surface area contributed by atoms with Crippen molar-refractivity contribution in [3.63, 3.8) is 0 Å². The summed E-state index contributed by atoms with van der Waals surface area (Å²) in [4.78, 5) is 12.0. The lowest BCUT2D eigenvalue weighted by Crippen LogP contribution is -2.22. The van der Waals surface area contributed by atoms with Crippen LogP contribution in [0.15, 0.2) is 42.6 Å². The van der Waals surface area contributed by atoms with E-state index in [1.165, 1.54) is 0 Å². The zero-order valence-corrected chi connectivity index (χ0v) is 12.2. The second-order valence-corrected chi connectivity index (χ2v) is 4.84. The van der Waals surface area contributed by atoms with E-state index in [4.69, 9.17) is 11.6 Å². The first kappa shape index (κ1) is 14.6. The number of benzene rings is 1. The van der Waals surface area contributed by atoms with Crippen molar-refractivity contribution in [1.29, 1.82) is 0 Å². The summed E-state index contributed by atoms with van der Waals surface area (Å²) >= 11 is 6.02. The Hall–Kier alpha value is -1.78. The summed E-state index contributed by atoms with van der Waals surface area (Å²) in [6.07, 6.45) is 1.90. The molecule has 0 aliphatic heterocycles. The highest BCUT2D eigenvalue weighted by Gasteiger charge is 2.08. The molecule has 2 N–H and O–H groups in total. The highest BCUT2D eigenvalue weighted by Crippen LogP contribution is 2.20. The standard InChI is InChI=1S/C15H18ClN3O/c1-2-17-10-12-6-5-9-19(12)11-15(20)18-14-8-4-3-7-13(14)16/h3-9,17H,2,10-11H2,1H3,(H,18,20). The molecule has 0 spiro atoms. The number of hydrogen-bond acceptors (Lipinski definition) is 2. The Labute approximate surface area is 123 Å². The van der Waals surface area contributed by atoms with Gasteiger partial charge in [0.1, 0.15) is 6.54 Å². The van der Waals surface area contributed by atoms with Gasteiger partial charge in [-0.25, -0.2) is 0 Å². The first-order chi connectivity index (χ1) is 9.70. The molecule has 2 rings (SSSR count). The lowest BCUT2D eigenvalue weighted by atomic mass is 10.3. The van der Waals surface area contributed by atoms with Crippen LogP contribution in [0.4, 0.5) is 5.69 Å². The first-order valence-corrected chi connectivity index (χ1v) is 6.97. The first-order valence-electron chi connectivity index (χ1n) is 6.60. The smallest absolute Gasteiger partial charge is 0.244 e. The van der Waals surface area contributed by atoms with Gasteiger partial charge in [0.25, 0.3) is 0 Å². The summed E-state index contributed by atoms with van der Waals surface area (Å²) in [7, 11) is 0. The van der Waals surface area contributed by atoms with Gasteiger partial charge in [0, 0.05) is 18.4 Å². The molecule has 0 aliphatic rings. The van der Waals surface area contributed by atoms with Gasteiger partial charge in [-0.1, -0.05) is 30.7 Å². The Morgan fingerprint density at radius 1 is 1.25 bits per heavy atom. The Kier molecular flexibility index (Phi) is 5.21. The summed E-state index contributed by atoms with van der Waals surface area (Å²) in [5.41, 5.74) is 1.72. The van der Waals surface area contributed by atoms with Gasteiger partial charge in [0.15, 0.2) is 0 Å². The van der Waals surface area contributed by atoms with Crippen LogP contribution in [-0.2, 0) is 17.9 Å².